The summed E-state index contributed by atoms with van der Waals surface area (Å²) in [5.74, 6) is 0.650. The number of hydrogen-bond acceptors (Lipinski definition) is 3. The van der Waals surface area contributed by atoms with Gasteiger partial charge >= 0.3 is 0 Å². The largest absolute Gasteiger partial charge is 0.495 e. The number of ether oxygens (including phenoxy) is 1. The zero-order chi connectivity index (χ0) is 12.9. The minimum Gasteiger partial charge on any atom is -0.495 e. The van der Waals surface area contributed by atoms with E-state index in [0.29, 0.717) is 17.2 Å². The average molecular weight is 297 g/mol. The van der Waals surface area contributed by atoms with E-state index in [0.717, 1.165) is 18.4 Å². The normalized spacial score (nSPS) is 11.5. The monoisotopic (exact) mass is 296 g/mol. The average Bonchev–Trinajstić information content (AvgIpc) is 2.23. The fourth-order valence-corrected chi connectivity index (χ4v) is 2.63. The van der Waals surface area contributed by atoms with Crippen LogP contribution < -0.4 is 4.74 Å². The predicted molar refractivity (Wildman–Crippen MR) is 70.6 cm³/mol. The van der Waals surface area contributed by atoms with Crippen molar-refractivity contribution >= 4 is 31.3 Å². The van der Waals surface area contributed by atoms with Crippen LogP contribution in [0.1, 0.15) is 18.4 Å². The van der Waals surface area contributed by atoms with Crippen molar-refractivity contribution in [2.75, 3.05) is 12.9 Å². The Hall–Kier alpha value is -0.450. The molecule has 0 spiro atoms. The molecule has 0 saturated heterocycles. The summed E-state index contributed by atoms with van der Waals surface area (Å²) in [4.78, 5) is 0. The lowest BCUT2D eigenvalue weighted by Gasteiger charge is -2.05. The van der Waals surface area contributed by atoms with E-state index in [4.69, 9.17) is 27.0 Å². The van der Waals surface area contributed by atoms with E-state index in [1.807, 2.05) is 12.1 Å². The first-order chi connectivity index (χ1) is 7.92. The van der Waals surface area contributed by atoms with Gasteiger partial charge in [-0.15, -0.1) is 0 Å². The van der Waals surface area contributed by atoms with Crippen molar-refractivity contribution in [1.82, 2.24) is 0 Å². The van der Waals surface area contributed by atoms with Gasteiger partial charge in [0.1, 0.15) is 5.75 Å². The van der Waals surface area contributed by atoms with Crippen LogP contribution in [0.25, 0.3) is 0 Å². The molecular formula is C11H14Cl2O3S. The zero-order valence-electron chi connectivity index (χ0n) is 9.45. The standard InChI is InChI=1S/C11H14Cl2O3S/c1-16-11-6-5-9(8-10(11)12)4-2-3-7-17(13,14)15/h5-6,8H,2-4,7H2,1H3. The molecule has 0 radical (unpaired) electrons. The van der Waals surface area contributed by atoms with Gasteiger partial charge in [0.2, 0.25) is 9.05 Å². The van der Waals surface area contributed by atoms with Crippen molar-refractivity contribution in [3.63, 3.8) is 0 Å². The molecule has 17 heavy (non-hydrogen) atoms. The van der Waals surface area contributed by atoms with Gasteiger partial charge in [0, 0.05) is 10.7 Å². The summed E-state index contributed by atoms with van der Waals surface area (Å²) in [5, 5.41) is 0.565. The molecule has 0 amide bonds. The Morgan fingerprint density at radius 2 is 2.00 bits per heavy atom. The fourth-order valence-electron chi connectivity index (χ4n) is 1.47. The molecule has 0 atom stereocenters. The van der Waals surface area contributed by atoms with E-state index in [1.165, 1.54) is 0 Å². The topological polar surface area (TPSA) is 43.4 Å². The van der Waals surface area contributed by atoms with Crippen LogP contribution in [-0.4, -0.2) is 21.3 Å². The number of methoxy groups -OCH3 is 1. The highest BCUT2D eigenvalue weighted by atomic mass is 35.7. The fraction of sp³-hybridized carbons (Fsp3) is 0.455. The van der Waals surface area contributed by atoms with Gasteiger partial charge in [0.15, 0.2) is 0 Å². The maximum atomic E-state index is 10.7. The van der Waals surface area contributed by atoms with E-state index in [-0.39, 0.29) is 5.75 Å². The third-order valence-corrected chi connectivity index (χ3v) is 3.85. The Kier molecular flexibility index (Phi) is 5.56. The van der Waals surface area contributed by atoms with Crippen molar-refractivity contribution in [2.45, 2.75) is 19.3 Å². The molecule has 1 aromatic carbocycles. The molecular weight excluding hydrogens is 283 g/mol. The van der Waals surface area contributed by atoms with Gasteiger partial charge in [-0.2, -0.15) is 0 Å². The highest BCUT2D eigenvalue weighted by Crippen LogP contribution is 2.25. The second-order valence-electron chi connectivity index (χ2n) is 3.67. The smallest absolute Gasteiger partial charge is 0.232 e. The first-order valence-electron chi connectivity index (χ1n) is 5.17. The number of halogens is 2. The number of unbranched alkanes of at least 4 members (excludes halogenated alkanes) is 1. The van der Waals surface area contributed by atoms with Gasteiger partial charge in [-0.1, -0.05) is 17.7 Å². The van der Waals surface area contributed by atoms with Crippen molar-refractivity contribution in [2.24, 2.45) is 0 Å². The molecule has 0 aromatic heterocycles. The molecule has 0 unspecified atom stereocenters. The summed E-state index contributed by atoms with van der Waals surface area (Å²) in [7, 11) is 3.30. The number of benzene rings is 1. The SMILES string of the molecule is COc1ccc(CCCCS(=O)(=O)Cl)cc1Cl. The van der Waals surface area contributed by atoms with E-state index in [2.05, 4.69) is 0 Å². The summed E-state index contributed by atoms with van der Waals surface area (Å²) in [5.41, 5.74) is 1.06. The number of hydrogen-bond donors (Lipinski definition) is 0. The van der Waals surface area contributed by atoms with Crippen LogP contribution in [0.3, 0.4) is 0 Å². The Labute approximate surface area is 111 Å². The molecule has 96 valence electrons. The lowest BCUT2D eigenvalue weighted by molar-refractivity contribution is 0.415. The third-order valence-electron chi connectivity index (χ3n) is 2.32. The third kappa shape index (κ3) is 5.61. The van der Waals surface area contributed by atoms with Crippen LogP contribution in [0.15, 0.2) is 18.2 Å². The van der Waals surface area contributed by atoms with Crippen LogP contribution in [0.2, 0.25) is 5.02 Å². The zero-order valence-corrected chi connectivity index (χ0v) is 11.8. The van der Waals surface area contributed by atoms with Gasteiger partial charge in [0.05, 0.1) is 17.9 Å². The number of aryl methyl sites for hydroxylation is 1. The molecule has 0 saturated carbocycles. The molecule has 1 aromatic rings. The Morgan fingerprint density at radius 1 is 1.29 bits per heavy atom. The van der Waals surface area contributed by atoms with Gasteiger partial charge in [-0.05, 0) is 37.0 Å². The molecule has 0 N–H and O–H groups in total. The first-order valence-corrected chi connectivity index (χ1v) is 8.03. The van der Waals surface area contributed by atoms with Crippen molar-refractivity contribution in [1.29, 1.82) is 0 Å². The Bertz CT molecular complexity index is 472. The van der Waals surface area contributed by atoms with Crippen LogP contribution in [-0.2, 0) is 15.5 Å². The van der Waals surface area contributed by atoms with Gasteiger partial charge < -0.3 is 4.74 Å². The van der Waals surface area contributed by atoms with Gasteiger partial charge in [0.25, 0.3) is 0 Å². The summed E-state index contributed by atoms with van der Waals surface area (Å²) >= 11 is 5.97. The maximum Gasteiger partial charge on any atom is 0.232 e. The van der Waals surface area contributed by atoms with E-state index in [1.54, 1.807) is 13.2 Å². The lowest BCUT2D eigenvalue weighted by atomic mass is 10.1. The van der Waals surface area contributed by atoms with Crippen LogP contribution in [0.4, 0.5) is 0 Å². The molecule has 0 aliphatic rings. The number of rotatable bonds is 6. The lowest BCUT2D eigenvalue weighted by Crippen LogP contribution is -1.98. The van der Waals surface area contributed by atoms with Crippen LogP contribution in [0, 0.1) is 0 Å². The van der Waals surface area contributed by atoms with Gasteiger partial charge in [-0.25, -0.2) is 8.42 Å². The molecule has 0 aliphatic heterocycles. The summed E-state index contributed by atoms with van der Waals surface area (Å²) in [6.45, 7) is 0. The minimum absolute atomic E-state index is 0.0123. The molecule has 1 rings (SSSR count). The Morgan fingerprint density at radius 3 is 2.53 bits per heavy atom. The molecule has 0 fully saturated rings. The van der Waals surface area contributed by atoms with E-state index < -0.39 is 9.05 Å². The highest BCUT2D eigenvalue weighted by Gasteiger charge is 2.05. The van der Waals surface area contributed by atoms with E-state index in [9.17, 15) is 8.42 Å². The summed E-state index contributed by atoms with van der Waals surface area (Å²) < 4.78 is 26.5. The van der Waals surface area contributed by atoms with Crippen LogP contribution >= 0.6 is 22.3 Å². The maximum absolute atomic E-state index is 10.7. The quantitative estimate of drug-likeness (QED) is 0.598. The molecule has 6 heteroatoms. The summed E-state index contributed by atoms with van der Waals surface area (Å²) in [6, 6.07) is 5.55. The van der Waals surface area contributed by atoms with E-state index >= 15 is 0 Å². The second-order valence-corrected chi connectivity index (χ2v) is 6.97. The highest BCUT2D eigenvalue weighted by molar-refractivity contribution is 8.13. The Balaban J connectivity index is 2.45. The van der Waals surface area contributed by atoms with Crippen LogP contribution in [0.5, 0.6) is 5.75 Å². The molecule has 0 heterocycles. The molecule has 0 aliphatic carbocycles. The van der Waals surface area contributed by atoms with Crippen molar-refractivity contribution in [3.05, 3.63) is 28.8 Å². The first kappa shape index (κ1) is 14.6. The van der Waals surface area contributed by atoms with Gasteiger partial charge in [-0.3, -0.25) is 0 Å². The van der Waals surface area contributed by atoms with Crippen molar-refractivity contribution in [3.8, 4) is 5.75 Å². The second kappa shape index (κ2) is 6.47. The minimum atomic E-state index is -3.37. The summed E-state index contributed by atoms with van der Waals surface area (Å²) in [6.07, 6.45) is 2.08. The van der Waals surface area contributed by atoms with Crippen molar-refractivity contribution < 1.29 is 13.2 Å². The predicted octanol–water partition coefficient (Wildman–Crippen LogP) is 3.24. The molecule has 3 nitrogen and oxygen atoms in total. The molecule has 0 bridgehead atoms.